The summed E-state index contributed by atoms with van der Waals surface area (Å²) >= 11 is 10.7. The summed E-state index contributed by atoms with van der Waals surface area (Å²) in [4.78, 5) is 21.5. The predicted molar refractivity (Wildman–Crippen MR) is 70.8 cm³/mol. The van der Waals surface area contributed by atoms with Crippen LogP contribution in [0, 0.1) is 0 Å². The van der Waals surface area contributed by atoms with Gasteiger partial charge in [0.2, 0.25) is 0 Å². The third kappa shape index (κ3) is 12.0. The molecule has 0 unspecified atom stereocenters. The molecule has 0 aromatic heterocycles. The topological polar surface area (TPSA) is 52.6 Å². The molecule has 0 atom stereocenters. The van der Waals surface area contributed by atoms with Crippen molar-refractivity contribution in [3.8, 4) is 0 Å². The second kappa shape index (κ2) is 11.6. The summed E-state index contributed by atoms with van der Waals surface area (Å²) in [6.45, 7) is 2.37. The zero-order valence-electron chi connectivity index (χ0n) is 10.6. The maximum Gasteiger partial charge on any atom is 0.317 e. The van der Waals surface area contributed by atoms with Crippen LogP contribution in [0.25, 0.3) is 0 Å². The van der Waals surface area contributed by atoms with Crippen LogP contribution in [0.4, 0.5) is 0 Å². The Morgan fingerprint density at radius 3 is 2.22 bits per heavy atom. The summed E-state index contributed by atoms with van der Waals surface area (Å²) in [6.07, 6.45) is 4.97. The molecule has 0 amide bonds. The molecule has 0 fully saturated rings. The molecule has 0 heterocycles. The Hall–Kier alpha value is -0.480. The van der Waals surface area contributed by atoms with Crippen molar-refractivity contribution in [3.63, 3.8) is 0 Å². The summed E-state index contributed by atoms with van der Waals surface area (Å²) in [6, 6.07) is 0. The Morgan fingerprint density at radius 2 is 1.61 bits per heavy atom. The van der Waals surface area contributed by atoms with Crippen LogP contribution in [0.3, 0.4) is 0 Å². The third-order valence-corrected chi connectivity index (χ3v) is 2.42. The van der Waals surface area contributed by atoms with Crippen molar-refractivity contribution in [2.45, 2.75) is 50.3 Å². The molecule has 0 aliphatic carbocycles. The molecule has 0 bridgehead atoms. The van der Waals surface area contributed by atoms with Crippen LogP contribution < -0.4 is 0 Å². The fraction of sp³-hybridized carbons (Fsp3) is 0.833. The molecule has 0 aromatic rings. The van der Waals surface area contributed by atoms with E-state index in [9.17, 15) is 9.59 Å². The summed E-state index contributed by atoms with van der Waals surface area (Å²) < 4.78 is 9.52. The number of carbonyl (C=O) groups is 2. The van der Waals surface area contributed by atoms with Gasteiger partial charge in [-0.15, -0.1) is 23.2 Å². The Labute approximate surface area is 118 Å². The Balaban J connectivity index is 3.44. The monoisotopic (exact) mass is 298 g/mol. The fourth-order valence-corrected chi connectivity index (χ4v) is 1.39. The summed E-state index contributed by atoms with van der Waals surface area (Å²) in [7, 11) is 0. The number of rotatable bonds is 10. The van der Waals surface area contributed by atoms with E-state index < -0.39 is 23.2 Å². The molecule has 106 valence electrons. The van der Waals surface area contributed by atoms with Crippen molar-refractivity contribution < 1.29 is 19.1 Å². The van der Waals surface area contributed by atoms with Gasteiger partial charge in [0.15, 0.2) is 0 Å². The lowest BCUT2D eigenvalue weighted by atomic mass is 10.2. The van der Waals surface area contributed by atoms with E-state index in [1.807, 2.05) is 0 Å². The molecule has 0 spiro atoms. The van der Waals surface area contributed by atoms with E-state index in [-0.39, 0.29) is 6.61 Å². The highest BCUT2D eigenvalue weighted by molar-refractivity contribution is 6.44. The first-order valence-electron chi connectivity index (χ1n) is 6.15. The highest BCUT2D eigenvalue weighted by Gasteiger charge is 2.13. The maximum absolute atomic E-state index is 11.2. The molecule has 18 heavy (non-hydrogen) atoms. The molecule has 0 aliphatic heterocycles. The Kier molecular flexibility index (Phi) is 11.3. The van der Waals surface area contributed by atoms with Crippen LogP contribution >= 0.6 is 23.2 Å². The molecule has 0 aromatic carbocycles. The summed E-state index contributed by atoms with van der Waals surface area (Å²) in [5.74, 6) is -1.24. The standard InChI is InChI=1S/C12H20Cl2O4/c1-2-3-4-5-6-7-17-11(15)8-12(16)18-9-10(13)14/h10H,2-9H2,1H3. The minimum absolute atomic E-state index is 0.119. The van der Waals surface area contributed by atoms with Crippen molar-refractivity contribution >= 4 is 35.1 Å². The zero-order chi connectivity index (χ0) is 13.8. The molecule has 4 nitrogen and oxygen atoms in total. The molecule has 0 saturated heterocycles. The average molecular weight is 299 g/mol. The van der Waals surface area contributed by atoms with Gasteiger partial charge in [-0.25, -0.2) is 0 Å². The normalized spacial score (nSPS) is 10.4. The van der Waals surface area contributed by atoms with Gasteiger partial charge in [0, 0.05) is 0 Å². The molecule has 0 rings (SSSR count). The number of hydrogen-bond acceptors (Lipinski definition) is 4. The molecular weight excluding hydrogens is 279 g/mol. The number of carbonyl (C=O) groups excluding carboxylic acids is 2. The van der Waals surface area contributed by atoms with E-state index in [1.54, 1.807) is 0 Å². The highest BCUT2D eigenvalue weighted by atomic mass is 35.5. The number of ether oxygens (including phenoxy) is 2. The van der Waals surface area contributed by atoms with Crippen molar-refractivity contribution in [1.82, 2.24) is 0 Å². The first-order valence-corrected chi connectivity index (χ1v) is 7.03. The van der Waals surface area contributed by atoms with E-state index in [0.717, 1.165) is 19.3 Å². The quantitative estimate of drug-likeness (QED) is 0.269. The van der Waals surface area contributed by atoms with Crippen LogP contribution in [0.15, 0.2) is 0 Å². The third-order valence-electron chi connectivity index (χ3n) is 2.17. The Bertz CT molecular complexity index is 244. The second-order valence-electron chi connectivity index (χ2n) is 3.89. The van der Waals surface area contributed by atoms with Gasteiger partial charge in [-0.2, -0.15) is 0 Å². The van der Waals surface area contributed by atoms with Gasteiger partial charge in [0.1, 0.15) is 17.9 Å². The minimum atomic E-state index is -0.775. The molecule has 0 aliphatic rings. The first kappa shape index (κ1) is 17.5. The molecule has 0 N–H and O–H groups in total. The van der Waals surface area contributed by atoms with Gasteiger partial charge in [-0.1, -0.05) is 32.6 Å². The average Bonchev–Trinajstić information content (AvgIpc) is 2.31. The van der Waals surface area contributed by atoms with Crippen LogP contribution in [0.5, 0.6) is 0 Å². The van der Waals surface area contributed by atoms with Crippen molar-refractivity contribution in [1.29, 1.82) is 0 Å². The fourth-order valence-electron chi connectivity index (χ4n) is 1.27. The highest BCUT2D eigenvalue weighted by Crippen LogP contribution is 2.04. The minimum Gasteiger partial charge on any atom is -0.465 e. The number of hydrogen-bond donors (Lipinski definition) is 0. The smallest absolute Gasteiger partial charge is 0.317 e. The lowest BCUT2D eigenvalue weighted by Crippen LogP contribution is -2.16. The van der Waals surface area contributed by atoms with Crippen LogP contribution in [0.2, 0.25) is 0 Å². The van der Waals surface area contributed by atoms with E-state index in [1.165, 1.54) is 12.8 Å². The van der Waals surface area contributed by atoms with E-state index in [2.05, 4.69) is 11.7 Å². The van der Waals surface area contributed by atoms with Crippen LogP contribution in [0.1, 0.15) is 45.4 Å². The maximum atomic E-state index is 11.2. The van der Waals surface area contributed by atoms with Gasteiger partial charge in [0.25, 0.3) is 0 Å². The number of halogens is 2. The van der Waals surface area contributed by atoms with Crippen molar-refractivity contribution in [2.75, 3.05) is 13.2 Å². The first-order chi connectivity index (χ1) is 8.56. The van der Waals surface area contributed by atoms with Gasteiger partial charge in [-0.05, 0) is 6.42 Å². The molecular formula is C12H20Cl2O4. The van der Waals surface area contributed by atoms with Crippen LogP contribution in [-0.4, -0.2) is 30.0 Å². The number of alkyl halides is 2. The summed E-state index contributed by atoms with van der Waals surface area (Å²) in [5.41, 5.74) is 0. The number of esters is 2. The predicted octanol–water partition coefficient (Wildman–Crippen LogP) is 3.24. The molecule has 0 radical (unpaired) electrons. The van der Waals surface area contributed by atoms with E-state index in [0.29, 0.717) is 6.61 Å². The van der Waals surface area contributed by atoms with Gasteiger partial charge in [0.05, 0.1) is 6.61 Å². The second-order valence-corrected chi connectivity index (χ2v) is 5.16. The number of unbranched alkanes of at least 4 members (excludes halogenated alkanes) is 4. The van der Waals surface area contributed by atoms with E-state index >= 15 is 0 Å². The largest absolute Gasteiger partial charge is 0.465 e. The zero-order valence-corrected chi connectivity index (χ0v) is 12.1. The van der Waals surface area contributed by atoms with Gasteiger partial charge < -0.3 is 9.47 Å². The lowest BCUT2D eigenvalue weighted by Gasteiger charge is -2.06. The van der Waals surface area contributed by atoms with Crippen LogP contribution in [-0.2, 0) is 19.1 Å². The van der Waals surface area contributed by atoms with Gasteiger partial charge >= 0.3 is 11.9 Å². The Morgan fingerprint density at radius 1 is 1.00 bits per heavy atom. The molecule has 0 saturated carbocycles. The van der Waals surface area contributed by atoms with Crippen molar-refractivity contribution in [3.05, 3.63) is 0 Å². The van der Waals surface area contributed by atoms with Crippen molar-refractivity contribution in [2.24, 2.45) is 0 Å². The molecule has 6 heteroatoms. The lowest BCUT2D eigenvalue weighted by molar-refractivity contribution is -0.154. The van der Waals surface area contributed by atoms with Gasteiger partial charge in [-0.3, -0.25) is 9.59 Å². The van der Waals surface area contributed by atoms with E-state index in [4.69, 9.17) is 27.9 Å². The SMILES string of the molecule is CCCCCCCOC(=O)CC(=O)OCC(Cl)Cl. The summed E-state index contributed by atoms with van der Waals surface area (Å²) in [5, 5.41) is 0.